The number of benzene rings is 1. The minimum atomic E-state index is -0.205. The van der Waals surface area contributed by atoms with E-state index in [1.165, 1.54) is 6.07 Å². The number of nitrogens with zero attached hydrogens (tertiary/aromatic N) is 4. The number of anilines is 2. The first-order valence-corrected chi connectivity index (χ1v) is 11.1. The van der Waals surface area contributed by atoms with Gasteiger partial charge in [-0.2, -0.15) is 0 Å². The molecule has 160 valence electrons. The van der Waals surface area contributed by atoms with Gasteiger partial charge in [0.05, 0.1) is 12.3 Å². The van der Waals surface area contributed by atoms with Crippen LogP contribution in [0.1, 0.15) is 22.2 Å². The van der Waals surface area contributed by atoms with Crippen LogP contribution in [0.2, 0.25) is 0 Å². The molecule has 4 heterocycles. The fourth-order valence-corrected chi connectivity index (χ4v) is 4.73. The van der Waals surface area contributed by atoms with Crippen molar-refractivity contribution in [1.82, 2.24) is 19.4 Å². The number of morpholine rings is 1. The summed E-state index contributed by atoms with van der Waals surface area (Å²) in [6.07, 6.45) is 3.83. The first-order valence-electron chi connectivity index (χ1n) is 10.3. The molecule has 0 spiro atoms. The van der Waals surface area contributed by atoms with E-state index < -0.39 is 0 Å². The molecule has 8 heteroatoms. The molecular weight excluding hydrogens is 413 g/mol. The molecule has 1 aliphatic rings. The lowest BCUT2D eigenvalue weighted by Crippen LogP contribution is -2.38. The Balaban J connectivity index is 1.32. The predicted molar refractivity (Wildman–Crippen MR) is 121 cm³/mol. The van der Waals surface area contributed by atoms with Crippen molar-refractivity contribution in [2.24, 2.45) is 7.05 Å². The summed E-state index contributed by atoms with van der Waals surface area (Å²) in [5.74, 6) is 0.556. The molecule has 1 saturated heterocycles. The summed E-state index contributed by atoms with van der Waals surface area (Å²) >= 11 is 1.60. The Morgan fingerprint density at radius 2 is 2.19 bits per heavy atom. The fraction of sp³-hybridized carbons (Fsp3) is 0.304. The van der Waals surface area contributed by atoms with E-state index in [2.05, 4.69) is 26.0 Å². The van der Waals surface area contributed by atoms with Crippen molar-refractivity contribution in [3.63, 3.8) is 0 Å². The van der Waals surface area contributed by atoms with Crippen LogP contribution in [0.4, 0.5) is 15.3 Å². The fourth-order valence-electron chi connectivity index (χ4n) is 4.06. The number of hydrogen-bond donors (Lipinski definition) is 1. The number of ether oxygens (including phenoxy) is 1. The SMILES string of the molecule is Cc1cnc(Nc2cccc(C3CN(Cc4cn(C)c5ccc(F)cc45)CCO3)n2)s1. The lowest BCUT2D eigenvalue weighted by Gasteiger charge is -2.32. The van der Waals surface area contributed by atoms with Gasteiger partial charge in [-0.25, -0.2) is 14.4 Å². The summed E-state index contributed by atoms with van der Waals surface area (Å²) in [6, 6.07) is 10.9. The zero-order chi connectivity index (χ0) is 21.4. The second kappa shape index (κ2) is 8.37. The summed E-state index contributed by atoms with van der Waals surface area (Å²) in [4.78, 5) is 12.6. The molecular formula is C23H24FN5OS. The third kappa shape index (κ3) is 4.32. The number of fused-ring (bicyclic) bond motifs is 1. The Morgan fingerprint density at radius 1 is 1.29 bits per heavy atom. The summed E-state index contributed by atoms with van der Waals surface area (Å²) < 4.78 is 21.9. The molecule has 1 unspecified atom stereocenters. The van der Waals surface area contributed by atoms with Crippen molar-refractivity contribution in [2.75, 3.05) is 25.0 Å². The van der Waals surface area contributed by atoms with Crippen molar-refractivity contribution < 1.29 is 9.13 Å². The molecule has 0 saturated carbocycles. The Kier molecular flexibility index (Phi) is 5.43. The predicted octanol–water partition coefficient (Wildman–Crippen LogP) is 4.79. The van der Waals surface area contributed by atoms with Gasteiger partial charge in [0.1, 0.15) is 17.7 Å². The lowest BCUT2D eigenvalue weighted by molar-refractivity contribution is -0.0348. The van der Waals surface area contributed by atoms with Crippen LogP contribution in [0.15, 0.2) is 48.8 Å². The molecule has 0 amide bonds. The van der Waals surface area contributed by atoms with Crippen molar-refractivity contribution in [2.45, 2.75) is 19.6 Å². The van der Waals surface area contributed by atoms with E-state index in [4.69, 9.17) is 9.72 Å². The van der Waals surface area contributed by atoms with E-state index in [9.17, 15) is 4.39 Å². The van der Waals surface area contributed by atoms with Gasteiger partial charge in [0, 0.05) is 54.9 Å². The van der Waals surface area contributed by atoms with Crippen LogP contribution in [0.5, 0.6) is 0 Å². The summed E-state index contributed by atoms with van der Waals surface area (Å²) in [5.41, 5.74) is 3.06. The molecule has 1 aromatic carbocycles. The Morgan fingerprint density at radius 3 is 3.03 bits per heavy atom. The molecule has 31 heavy (non-hydrogen) atoms. The van der Waals surface area contributed by atoms with Gasteiger partial charge in [0.25, 0.3) is 0 Å². The molecule has 1 fully saturated rings. The van der Waals surface area contributed by atoms with Crippen molar-refractivity contribution in [3.05, 3.63) is 70.7 Å². The second-order valence-electron chi connectivity index (χ2n) is 7.87. The topological polar surface area (TPSA) is 55.2 Å². The van der Waals surface area contributed by atoms with Gasteiger partial charge in [-0.1, -0.05) is 6.07 Å². The highest BCUT2D eigenvalue weighted by molar-refractivity contribution is 7.15. The molecule has 0 aliphatic carbocycles. The van der Waals surface area contributed by atoms with Crippen LogP contribution in [0, 0.1) is 12.7 Å². The zero-order valence-corrected chi connectivity index (χ0v) is 18.3. The summed E-state index contributed by atoms with van der Waals surface area (Å²) in [7, 11) is 2.00. The summed E-state index contributed by atoms with van der Waals surface area (Å²) in [6.45, 7) is 4.98. The number of aryl methyl sites for hydroxylation is 2. The molecule has 3 aromatic heterocycles. The van der Waals surface area contributed by atoms with Crippen molar-refractivity contribution in [3.8, 4) is 0 Å². The van der Waals surface area contributed by atoms with Crippen molar-refractivity contribution >= 4 is 33.2 Å². The highest BCUT2D eigenvalue weighted by Gasteiger charge is 2.24. The average molecular weight is 438 g/mol. The van der Waals surface area contributed by atoms with E-state index in [1.54, 1.807) is 17.4 Å². The van der Waals surface area contributed by atoms with Crippen LogP contribution in [0.25, 0.3) is 10.9 Å². The molecule has 0 radical (unpaired) electrons. The smallest absolute Gasteiger partial charge is 0.188 e. The van der Waals surface area contributed by atoms with Gasteiger partial charge >= 0.3 is 0 Å². The Labute approximate surface area is 184 Å². The van der Waals surface area contributed by atoms with Gasteiger partial charge in [-0.15, -0.1) is 11.3 Å². The van der Waals surface area contributed by atoms with E-state index in [0.29, 0.717) is 6.61 Å². The average Bonchev–Trinajstić information content (AvgIpc) is 3.31. The highest BCUT2D eigenvalue weighted by Crippen LogP contribution is 2.27. The first-order chi connectivity index (χ1) is 15.0. The van der Waals surface area contributed by atoms with E-state index in [0.717, 1.165) is 57.6 Å². The number of pyridine rings is 1. The molecule has 0 bridgehead atoms. The summed E-state index contributed by atoms with van der Waals surface area (Å²) in [5, 5.41) is 5.07. The van der Waals surface area contributed by atoms with Crippen LogP contribution >= 0.6 is 11.3 Å². The maximum absolute atomic E-state index is 13.8. The number of aromatic nitrogens is 3. The van der Waals surface area contributed by atoms with Crippen LogP contribution in [-0.2, 0) is 18.3 Å². The van der Waals surface area contributed by atoms with Gasteiger partial charge in [0.15, 0.2) is 5.13 Å². The number of halogens is 1. The van der Waals surface area contributed by atoms with Crippen molar-refractivity contribution in [1.29, 1.82) is 0 Å². The maximum Gasteiger partial charge on any atom is 0.188 e. The maximum atomic E-state index is 13.8. The van der Waals surface area contributed by atoms with E-state index in [-0.39, 0.29) is 11.9 Å². The van der Waals surface area contributed by atoms with E-state index >= 15 is 0 Å². The van der Waals surface area contributed by atoms with Crippen LogP contribution < -0.4 is 5.32 Å². The van der Waals surface area contributed by atoms with Gasteiger partial charge in [-0.3, -0.25) is 4.90 Å². The standard InChI is InChI=1S/C23H24FN5OS/c1-15-11-25-23(31-15)27-22-5-3-4-19(26-22)21-14-29(8-9-30-21)13-16-12-28(2)20-7-6-17(24)10-18(16)20/h3-7,10-12,21H,8-9,13-14H2,1-2H3,(H,25,26,27). The molecule has 4 aromatic rings. The number of hydrogen-bond acceptors (Lipinski definition) is 6. The first kappa shape index (κ1) is 20.1. The van der Waals surface area contributed by atoms with Crippen LogP contribution in [-0.4, -0.2) is 39.1 Å². The number of rotatable bonds is 5. The Hall–Kier alpha value is -2.81. The van der Waals surface area contributed by atoms with Crippen LogP contribution in [0.3, 0.4) is 0 Å². The quantitative estimate of drug-likeness (QED) is 0.486. The zero-order valence-electron chi connectivity index (χ0n) is 17.5. The van der Waals surface area contributed by atoms with Gasteiger partial charge in [0.2, 0.25) is 0 Å². The third-order valence-electron chi connectivity index (χ3n) is 5.54. The largest absolute Gasteiger partial charge is 0.369 e. The minimum Gasteiger partial charge on any atom is -0.369 e. The highest BCUT2D eigenvalue weighted by atomic mass is 32.1. The minimum absolute atomic E-state index is 0.111. The monoisotopic (exact) mass is 437 g/mol. The van der Waals surface area contributed by atoms with Gasteiger partial charge in [-0.05, 0) is 42.8 Å². The second-order valence-corrected chi connectivity index (χ2v) is 9.10. The van der Waals surface area contributed by atoms with E-state index in [1.807, 2.05) is 44.4 Å². The molecule has 1 N–H and O–H groups in total. The normalized spacial score (nSPS) is 17.3. The molecule has 1 aliphatic heterocycles. The number of thiazole rings is 1. The lowest BCUT2D eigenvalue weighted by atomic mass is 10.1. The molecule has 6 nitrogen and oxygen atoms in total. The molecule has 5 rings (SSSR count). The number of nitrogens with one attached hydrogen (secondary N) is 1. The van der Waals surface area contributed by atoms with Gasteiger partial charge < -0.3 is 14.6 Å². The molecule has 1 atom stereocenters. The third-order valence-corrected chi connectivity index (χ3v) is 6.36. The Bertz CT molecular complexity index is 1220.